The second kappa shape index (κ2) is 7.89. The van der Waals surface area contributed by atoms with Crippen molar-refractivity contribution in [2.24, 2.45) is 0 Å². The summed E-state index contributed by atoms with van der Waals surface area (Å²) in [5.41, 5.74) is 3.86. The molecule has 1 aromatic heterocycles. The fraction of sp³-hybridized carbons (Fsp3) is 0.0952. The summed E-state index contributed by atoms with van der Waals surface area (Å²) in [6.45, 7) is 0.585. The van der Waals surface area contributed by atoms with E-state index >= 15 is 0 Å². The Morgan fingerprint density at radius 3 is 2.38 bits per heavy atom. The van der Waals surface area contributed by atoms with Gasteiger partial charge < -0.3 is 4.74 Å². The molecule has 0 aliphatic rings. The third kappa shape index (κ3) is 4.11. The second-order valence-corrected chi connectivity index (χ2v) is 6.43. The molecule has 0 bridgehead atoms. The molecule has 8 heteroatoms. The normalized spacial score (nSPS) is 10.8. The zero-order valence-corrected chi connectivity index (χ0v) is 15.3. The molecule has 0 N–H and O–H groups in total. The highest BCUT2D eigenvalue weighted by atomic mass is 16.6. The summed E-state index contributed by atoms with van der Waals surface area (Å²) in [4.78, 5) is 22.4. The number of para-hydroxylation sites is 1. The standard InChI is InChI=1S/C21H16N4O4/c26-21(29-14-16-7-11-18(12-8-16)25(27)28)17-9-5-15(6-10-17)13-24-20-4-2-1-3-19(20)22-23-24/h1-12H,13-14H2. The highest BCUT2D eigenvalue weighted by Gasteiger charge is 2.10. The first-order valence-electron chi connectivity index (χ1n) is 8.88. The maximum atomic E-state index is 12.2. The number of nitro benzene ring substituents is 1. The molecule has 0 fully saturated rings. The lowest BCUT2D eigenvalue weighted by atomic mass is 10.1. The number of non-ortho nitro benzene ring substituents is 1. The van der Waals surface area contributed by atoms with Gasteiger partial charge in [-0.25, -0.2) is 9.48 Å². The predicted molar refractivity (Wildman–Crippen MR) is 105 cm³/mol. The number of hydrogen-bond acceptors (Lipinski definition) is 6. The van der Waals surface area contributed by atoms with E-state index in [2.05, 4.69) is 10.3 Å². The third-order valence-electron chi connectivity index (χ3n) is 4.46. The van der Waals surface area contributed by atoms with Gasteiger partial charge in [0.15, 0.2) is 0 Å². The molecule has 0 saturated heterocycles. The Kier molecular flexibility index (Phi) is 4.98. The fourth-order valence-electron chi connectivity index (χ4n) is 2.90. The molecule has 4 rings (SSSR count). The van der Waals surface area contributed by atoms with Crippen LogP contribution in [0.3, 0.4) is 0 Å². The Bertz CT molecular complexity index is 1170. The van der Waals surface area contributed by atoms with Crippen molar-refractivity contribution in [1.82, 2.24) is 15.0 Å². The minimum atomic E-state index is -0.473. The van der Waals surface area contributed by atoms with Gasteiger partial charge in [-0.3, -0.25) is 10.1 Å². The zero-order valence-electron chi connectivity index (χ0n) is 15.3. The summed E-state index contributed by atoms with van der Waals surface area (Å²) < 4.78 is 7.08. The van der Waals surface area contributed by atoms with Crippen LogP contribution in [0.5, 0.6) is 0 Å². The zero-order chi connectivity index (χ0) is 20.2. The van der Waals surface area contributed by atoms with Gasteiger partial charge in [0, 0.05) is 12.1 Å². The van der Waals surface area contributed by atoms with E-state index in [-0.39, 0.29) is 12.3 Å². The van der Waals surface area contributed by atoms with E-state index in [4.69, 9.17) is 4.74 Å². The van der Waals surface area contributed by atoms with Gasteiger partial charge >= 0.3 is 5.97 Å². The van der Waals surface area contributed by atoms with Gasteiger partial charge in [-0.15, -0.1) is 5.10 Å². The maximum absolute atomic E-state index is 12.2. The molecule has 0 radical (unpaired) electrons. The van der Waals surface area contributed by atoms with E-state index in [1.54, 1.807) is 28.9 Å². The van der Waals surface area contributed by atoms with Gasteiger partial charge in [-0.2, -0.15) is 0 Å². The number of aromatic nitrogens is 3. The largest absolute Gasteiger partial charge is 0.457 e. The molecule has 3 aromatic carbocycles. The molecular weight excluding hydrogens is 372 g/mol. The lowest BCUT2D eigenvalue weighted by Gasteiger charge is -2.07. The second-order valence-electron chi connectivity index (χ2n) is 6.43. The number of hydrogen-bond donors (Lipinski definition) is 0. The minimum absolute atomic E-state index is 0.00386. The average Bonchev–Trinajstić information content (AvgIpc) is 3.16. The number of carbonyl (C=O) groups is 1. The lowest BCUT2D eigenvalue weighted by Crippen LogP contribution is -2.06. The van der Waals surface area contributed by atoms with Crippen LogP contribution in [-0.2, 0) is 17.9 Å². The number of esters is 1. The summed E-state index contributed by atoms with van der Waals surface area (Å²) in [6.07, 6.45) is 0. The van der Waals surface area contributed by atoms with Crippen LogP contribution in [0.1, 0.15) is 21.5 Å². The molecule has 0 saturated carbocycles. The summed E-state index contributed by atoms with van der Waals surface area (Å²) in [5, 5.41) is 19.0. The SMILES string of the molecule is O=C(OCc1ccc([N+](=O)[O-])cc1)c1ccc(Cn2nnc3ccccc32)cc1. The molecule has 0 atom stereocenters. The number of nitrogens with zero attached hydrogens (tertiary/aromatic N) is 4. The highest BCUT2D eigenvalue weighted by molar-refractivity contribution is 5.89. The first-order valence-corrected chi connectivity index (χ1v) is 8.88. The molecule has 29 heavy (non-hydrogen) atoms. The van der Waals surface area contributed by atoms with Crippen molar-refractivity contribution >= 4 is 22.7 Å². The van der Waals surface area contributed by atoms with Crippen LogP contribution < -0.4 is 0 Å². The van der Waals surface area contributed by atoms with E-state index in [0.29, 0.717) is 17.7 Å². The molecule has 144 valence electrons. The summed E-state index contributed by atoms with van der Waals surface area (Å²) in [6, 6.07) is 20.7. The van der Waals surface area contributed by atoms with Gasteiger partial charge in [-0.1, -0.05) is 29.5 Å². The first-order chi connectivity index (χ1) is 14.1. The maximum Gasteiger partial charge on any atom is 0.338 e. The van der Waals surface area contributed by atoms with E-state index < -0.39 is 10.9 Å². The Labute approximate surface area is 165 Å². The molecule has 4 aromatic rings. The van der Waals surface area contributed by atoms with Crippen LogP contribution in [0.4, 0.5) is 5.69 Å². The van der Waals surface area contributed by atoms with Crippen molar-refractivity contribution in [3.05, 3.63) is 99.6 Å². The molecular formula is C21H16N4O4. The van der Waals surface area contributed by atoms with Crippen LogP contribution in [0.25, 0.3) is 11.0 Å². The van der Waals surface area contributed by atoms with Crippen molar-refractivity contribution in [3.8, 4) is 0 Å². The van der Waals surface area contributed by atoms with Gasteiger partial charge in [0.1, 0.15) is 12.1 Å². The molecule has 1 heterocycles. The highest BCUT2D eigenvalue weighted by Crippen LogP contribution is 2.15. The van der Waals surface area contributed by atoms with Crippen molar-refractivity contribution in [2.45, 2.75) is 13.2 Å². The van der Waals surface area contributed by atoms with Crippen LogP contribution >= 0.6 is 0 Å². The molecule has 0 amide bonds. The number of rotatable bonds is 6. The van der Waals surface area contributed by atoms with Crippen molar-refractivity contribution in [1.29, 1.82) is 0 Å². The predicted octanol–water partition coefficient (Wildman–Crippen LogP) is 3.74. The summed E-state index contributed by atoms with van der Waals surface area (Å²) in [5.74, 6) is -0.457. The van der Waals surface area contributed by atoms with Gasteiger partial charge in [0.2, 0.25) is 0 Å². The number of ether oxygens (including phenoxy) is 1. The van der Waals surface area contributed by atoms with E-state index in [1.807, 2.05) is 36.4 Å². The lowest BCUT2D eigenvalue weighted by molar-refractivity contribution is -0.384. The van der Waals surface area contributed by atoms with Crippen LogP contribution in [-0.4, -0.2) is 25.9 Å². The summed E-state index contributed by atoms with van der Waals surface area (Å²) in [7, 11) is 0. The van der Waals surface area contributed by atoms with Crippen LogP contribution in [0.2, 0.25) is 0 Å². The average molecular weight is 388 g/mol. The van der Waals surface area contributed by atoms with Gasteiger partial charge in [-0.05, 0) is 47.5 Å². The number of fused-ring (bicyclic) bond motifs is 1. The summed E-state index contributed by atoms with van der Waals surface area (Å²) >= 11 is 0. The van der Waals surface area contributed by atoms with Crippen LogP contribution in [0.15, 0.2) is 72.8 Å². The molecule has 0 unspecified atom stereocenters. The van der Waals surface area contributed by atoms with E-state index in [1.165, 1.54) is 12.1 Å². The Hall–Kier alpha value is -4.07. The monoisotopic (exact) mass is 388 g/mol. The smallest absolute Gasteiger partial charge is 0.338 e. The first kappa shape index (κ1) is 18.3. The Morgan fingerprint density at radius 1 is 0.966 bits per heavy atom. The molecule has 0 aliphatic carbocycles. The van der Waals surface area contributed by atoms with E-state index in [0.717, 1.165) is 16.6 Å². The minimum Gasteiger partial charge on any atom is -0.457 e. The van der Waals surface area contributed by atoms with Crippen molar-refractivity contribution in [3.63, 3.8) is 0 Å². The molecule has 0 spiro atoms. The number of nitro groups is 1. The number of carbonyl (C=O) groups excluding carboxylic acids is 1. The molecule has 8 nitrogen and oxygen atoms in total. The number of benzene rings is 3. The quantitative estimate of drug-likeness (QED) is 0.283. The van der Waals surface area contributed by atoms with Crippen molar-refractivity contribution in [2.75, 3.05) is 0 Å². The van der Waals surface area contributed by atoms with Gasteiger partial charge in [0.25, 0.3) is 5.69 Å². The topological polar surface area (TPSA) is 100 Å². The Balaban J connectivity index is 1.38. The van der Waals surface area contributed by atoms with Crippen molar-refractivity contribution < 1.29 is 14.5 Å². The third-order valence-corrected chi connectivity index (χ3v) is 4.46. The van der Waals surface area contributed by atoms with Crippen LogP contribution in [0, 0.1) is 10.1 Å². The Morgan fingerprint density at radius 2 is 1.66 bits per heavy atom. The fourth-order valence-corrected chi connectivity index (χ4v) is 2.90. The molecule has 0 aliphatic heterocycles. The van der Waals surface area contributed by atoms with Gasteiger partial charge in [0.05, 0.1) is 22.5 Å². The van der Waals surface area contributed by atoms with E-state index in [9.17, 15) is 14.9 Å².